The third-order valence-corrected chi connectivity index (χ3v) is 4.33. The van der Waals surface area contributed by atoms with Gasteiger partial charge in [-0.1, -0.05) is 18.2 Å². The van der Waals surface area contributed by atoms with E-state index < -0.39 is 17.6 Å². The standard InChI is InChI=1S/C20H19F3N2O2/c1-25(19(27)15-3-2-4-16(11-15)20(21,22)23)12-13-5-7-14(8-6-13)18(26)24-17-9-10-17/h2-8,11,17H,9-10,12H2,1H3,(H,24,26). The number of rotatable bonds is 5. The van der Waals surface area contributed by atoms with Crippen LogP contribution >= 0.6 is 0 Å². The maximum atomic E-state index is 12.8. The number of carbonyl (C=O) groups excluding carboxylic acids is 2. The van der Waals surface area contributed by atoms with Gasteiger partial charge in [0, 0.05) is 30.8 Å². The highest BCUT2D eigenvalue weighted by Gasteiger charge is 2.31. The summed E-state index contributed by atoms with van der Waals surface area (Å²) in [5.41, 5.74) is 0.443. The number of hydrogen-bond acceptors (Lipinski definition) is 2. The molecule has 0 aromatic heterocycles. The largest absolute Gasteiger partial charge is 0.416 e. The van der Waals surface area contributed by atoms with Gasteiger partial charge in [0.15, 0.2) is 0 Å². The molecule has 0 aliphatic heterocycles. The Morgan fingerprint density at radius 1 is 1.07 bits per heavy atom. The highest BCUT2D eigenvalue weighted by molar-refractivity contribution is 5.95. The lowest BCUT2D eigenvalue weighted by Crippen LogP contribution is -2.27. The number of hydrogen-bond donors (Lipinski definition) is 1. The van der Waals surface area contributed by atoms with Crippen LogP contribution in [0, 0.1) is 0 Å². The van der Waals surface area contributed by atoms with Crippen molar-refractivity contribution in [3.63, 3.8) is 0 Å². The van der Waals surface area contributed by atoms with E-state index in [1.807, 2.05) is 0 Å². The van der Waals surface area contributed by atoms with Crippen molar-refractivity contribution in [1.82, 2.24) is 10.2 Å². The lowest BCUT2D eigenvalue weighted by Gasteiger charge is -2.18. The summed E-state index contributed by atoms with van der Waals surface area (Å²) in [6, 6.07) is 11.5. The van der Waals surface area contributed by atoms with Crippen LogP contribution in [0.2, 0.25) is 0 Å². The summed E-state index contributed by atoms with van der Waals surface area (Å²) < 4.78 is 38.4. The zero-order valence-corrected chi connectivity index (χ0v) is 14.7. The summed E-state index contributed by atoms with van der Waals surface area (Å²) in [5.74, 6) is -0.630. The van der Waals surface area contributed by atoms with Gasteiger partial charge in [-0.25, -0.2) is 0 Å². The number of halogens is 3. The van der Waals surface area contributed by atoms with Crippen molar-refractivity contribution in [2.24, 2.45) is 0 Å². The van der Waals surface area contributed by atoms with Gasteiger partial charge in [-0.05, 0) is 48.7 Å². The van der Waals surface area contributed by atoms with Gasteiger partial charge in [0.25, 0.3) is 11.8 Å². The second-order valence-electron chi connectivity index (χ2n) is 6.68. The van der Waals surface area contributed by atoms with Crippen molar-refractivity contribution in [1.29, 1.82) is 0 Å². The Labute approximate surface area is 155 Å². The molecule has 2 amide bonds. The highest BCUT2D eigenvalue weighted by Crippen LogP contribution is 2.29. The Bertz CT molecular complexity index is 843. The molecule has 1 aliphatic rings. The van der Waals surface area contributed by atoms with Gasteiger partial charge in [0.2, 0.25) is 0 Å². The fourth-order valence-electron chi connectivity index (χ4n) is 2.65. The molecule has 4 nitrogen and oxygen atoms in total. The fourth-order valence-corrected chi connectivity index (χ4v) is 2.65. The maximum Gasteiger partial charge on any atom is 0.416 e. The molecule has 0 bridgehead atoms. The van der Waals surface area contributed by atoms with Crippen molar-refractivity contribution in [2.75, 3.05) is 7.05 Å². The van der Waals surface area contributed by atoms with E-state index in [0.29, 0.717) is 5.56 Å². The predicted molar refractivity (Wildman–Crippen MR) is 94.2 cm³/mol. The number of carbonyl (C=O) groups is 2. The van der Waals surface area contributed by atoms with Gasteiger partial charge < -0.3 is 10.2 Å². The predicted octanol–water partition coefficient (Wildman–Crippen LogP) is 3.87. The van der Waals surface area contributed by atoms with Crippen molar-refractivity contribution < 1.29 is 22.8 Å². The molecule has 0 spiro atoms. The first-order valence-electron chi connectivity index (χ1n) is 8.56. The summed E-state index contributed by atoms with van der Waals surface area (Å²) in [6.07, 6.45) is -2.48. The van der Waals surface area contributed by atoms with Crippen LogP contribution in [0.5, 0.6) is 0 Å². The van der Waals surface area contributed by atoms with Gasteiger partial charge in [0.05, 0.1) is 5.56 Å². The molecule has 142 valence electrons. The summed E-state index contributed by atoms with van der Waals surface area (Å²) >= 11 is 0. The van der Waals surface area contributed by atoms with Gasteiger partial charge in [-0.15, -0.1) is 0 Å². The lowest BCUT2D eigenvalue weighted by atomic mass is 10.1. The number of alkyl halides is 3. The average molecular weight is 376 g/mol. The van der Waals surface area contributed by atoms with Crippen LogP contribution < -0.4 is 5.32 Å². The monoisotopic (exact) mass is 376 g/mol. The number of benzene rings is 2. The van der Waals surface area contributed by atoms with Crippen LogP contribution in [-0.2, 0) is 12.7 Å². The Kier molecular flexibility index (Phi) is 5.21. The molecule has 27 heavy (non-hydrogen) atoms. The summed E-state index contributed by atoms with van der Waals surface area (Å²) in [6.45, 7) is 0.222. The molecule has 0 unspecified atom stereocenters. The minimum Gasteiger partial charge on any atom is -0.349 e. The molecule has 0 atom stereocenters. The van der Waals surface area contributed by atoms with E-state index in [-0.39, 0.29) is 24.1 Å². The van der Waals surface area contributed by atoms with Crippen LogP contribution in [-0.4, -0.2) is 29.8 Å². The third-order valence-electron chi connectivity index (χ3n) is 4.33. The molecule has 7 heteroatoms. The molecule has 1 aliphatic carbocycles. The topological polar surface area (TPSA) is 49.4 Å². The quantitative estimate of drug-likeness (QED) is 0.861. The third kappa shape index (κ3) is 4.87. The molecule has 0 saturated heterocycles. The first-order valence-corrected chi connectivity index (χ1v) is 8.56. The molecular formula is C20H19F3N2O2. The summed E-state index contributed by atoms with van der Waals surface area (Å²) in [7, 11) is 1.52. The average Bonchev–Trinajstić information content (AvgIpc) is 3.45. The van der Waals surface area contributed by atoms with E-state index in [4.69, 9.17) is 0 Å². The molecule has 1 fully saturated rings. The van der Waals surface area contributed by atoms with Crippen LogP contribution in [0.25, 0.3) is 0 Å². The van der Waals surface area contributed by atoms with E-state index in [9.17, 15) is 22.8 Å². The van der Waals surface area contributed by atoms with Gasteiger partial charge in [-0.3, -0.25) is 9.59 Å². The van der Waals surface area contributed by atoms with Gasteiger partial charge >= 0.3 is 6.18 Å². The van der Waals surface area contributed by atoms with E-state index in [0.717, 1.165) is 30.5 Å². The van der Waals surface area contributed by atoms with Gasteiger partial charge in [-0.2, -0.15) is 13.2 Å². The van der Waals surface area contributed by atoms with Crippen molar-refractivity contribution >= 4 is 11.8 Å². The molecule has 1 N–H and O–H groups in total. The lowest BCUT2D eigenvalue weighted by molar-refractivity contribution is -0.137. The van der Waals surface area contributed by atoms with Gasteiger partial charge in [0.1, 0.15) is 0 Å². The number of nitrogens with one attached hydrogen (secondary N) is 1. The second kappa shape index (κ2) is 7.42. The SMILES string of the molecule is CN(Cc1ccc(C(=O)NC2CC2)cc1)C(=O)c1cccc(C(F)(F)F)c1. The Balaban J connectivity index is 1.65. The van der Waals surface area contributed by atoms with Crippen LogP contribution in [0.15, 0.2) is 48.5 Å². The Morgan fingerprint density at radius 3 is 2.33 bits per heavy atom. The van der Waals surface area contributed by atoms with Crippen molar-refractivity contribution in [2.45, 2.75) is 31.6 Å². The Morgan fingerprint density at radius 2 is 1.74 bits per heavy atom. The minimum absolute atomic E-state index is 0.0206. The van der Waals surface area contributed by atoms with E-state index in [1.165, 1.54) is 24.1 Å². The van der Waals surface area contributed by atoms with E-state index in [2.05, 4.69) is 5.32 Å². The zero-order chi connectivity index (χ0) is 19.6. The molecular weight excluding hydrogens is 357 g/mol. The minimum atomic E-state index is -4.49. The highest BCUT2D eigenvalue weighted by atomic mass is 19.4. The Hall–Kier alpha value is -2.83. The van der Waals surface area contributed by atoms with E-state index >= 15 is 0 Å². The van der Waals surface area contributed by atoms with Crippen molar-refractivity contribution in [3.8, 4) is 0 Å². The zero-order valence-electron chi connectivity index (χ0n) is 14.7. The smallest absolute Gasteiger partial charge is 0.349 e. The molecule has 0 heterocycles. The normalized spacial score (nSPS) is 13.9. The molecule has 1 saturated carbocycles. The van der Waals surface area contributed by atoms with Crippen LogP contribution in [0.4, 0.5) is 13.2 Å². The molecule has 3 rings (SSSR count). The number of amides is 2. The van der Waals surface area contributed by atoms with E-state index in [1.54, 1.807) is 24.3 Å². The first kappa shape index (κ1) is 18.9. The second-order valence-corrected chi connectivity index (χ2v) is 6.68. The van der Waals surface area contributed by atoms with Crippen LogP contribution in [0.1, 0.15) is 44.7 Å². The summed E-state index contributed by atoms with van der Waals surface area (Å²) in [5, 5.41) is 2.89. The molecule has 2 aromatic rings. The van der Waals surface area contributed by atoms with Crippen molar-refractivity contribution in [3.05, 3.63) is 70.8 Å². The fraction of sp³-hybridized carbons (Fsp3) is 0.300. The molecule has 0 radical (unpaired) electrons. The molecule has 2 aromatic carbocycles. The maximum absolute atomic E-state index is 12.8. The number of nitrogens with zero attached hydrogens (tertiary/aromatic N) is 1. The summed E-state index contributed by atoms with van der Waals surface area (Å²) in [4.78, 5) is 25.7. The first-order chi connectivity index (χ1) is 12.7. The van der Waals surface area contributed by atoms with Crippen LogP contribution in [0.3, 0.4) is 0 Å².